The van der Waals surface area contributed by atoms with Crippen LogP contribution >= 0.6 is 39.7 Å². The summed E-state index contributed by atoms with van der Waals surface area (Å²) in [6, 6.07) is 12.5. The van der Waals surface area contributed by atoms with E-state index < -0.39 is 0 Å². The fourth-order valence-corrected chi connectivity index (χ4v) is 2.76. The van der Waals surface area contributed by atoms with Gasteiger partial charge < -0.3 is 15.4 Å². The number of amides is 1. The number of thiocarbonyl (C=S) groups is 1. The first-order valence-corrected chi connectivity index (χ1v) is 8.24. The lowest BCUT2D eigenvalue weighted by molar-refractivity contribution is -0.119. The van der Waals surface area contributed by atoms with Gasteiger partial charge in [-0.2, -0.15) is 0 Å². The summed E-state index contributed by atoms with van der Waals surface area (Å²) in [6.07, 6.45) is 0.227. The minimum atomic E-state index is -0.197. The van der Waals surface area contributed by atoms with E-state index in [0.29, 0.717) is 10.8 Å². The van der Waals surface area contributed by atoms with Crippen LogP contribution in [0.3, 0.4) is 0 Å². The molecule has 0 bridgehead atoms. The Balaban J connectivity index is 1.90. The van der Waals surface area contributed by atoms with Crippen LogP contribution in [0, 0.1) is 0 Å². The molecule has 2 rings (SSSR count). The number of hydrogen-bond donors (Lipinski definition) is 2. The summed E-state index contributed by atoms with van der Waals surface area (Å²) < 4.78 is 5.95. The summed E-state index contributed by atoms with van der Waals surface area (Å²) in [4.78, 5) is 12.0. The molecule has 0 saturated carbocycles. The maximum Gasteiger partial charge on any atom is 0.230 e. The standard InChI is InChI=1S/C16H14BrClN2O2S/c1-22-14-7-6-12(9-13(14)17)19-16(23)20-15(21)8-10-2-4-11(18)5-3-10/h2-7,9H,8H2,1H3,(H2,19,20,21,23). The van der Waals surface area contributed by atoms with Crippen molar-refractivity contribution in [2.75, 3.05) is 12.4 Å². The number of carbonyl (C=O) groups excluding carboxylic acids is 1. The van der Waals surface area contributed by atoms with Crippen LogP contribution in [-0.4, -0.2) is 18.1 Å². The monoisotopic (exact) mass is 412 g/mol. The predicted molar refractivity (Wildman–Crippen MR) is 100 cm³/mol. The van der Waals surface area contributed by atoms with Crippen molar-refractivity contribution in [3.05, 3.63) is 57.5 Å². The van der Waals surface area contributed by atoms with Gasteiger partial charge in [-0.3, -0.25) is 4.79 Å². The molecular formula is C16H14BrClN2O2S. The van der Waals surface area contributed by atoms with Gasteiger partial charge in [-0.1, -0.05) is 23.7 Å². The number of rotatable bonds is 4. The third kappa shape index (κ3) is 5.49. The molecule has 0 atom stereocenters. The van der Waals surface area contributed by atoms with E-state index in [-0.39, 0.29) is 17.4 Å². The van der Waals surface area contributed by atoms with Crippen LogP contribution in [0.4, 0.5) is 5.69 Å². The molecule has 0 heterocycles. The number of ether oxygens (including phenoxy) is 1. The number of nitrogens with one attached hydrogen (secondary N) is 2. The molecule has 0 fully saturated rings. The van der Waals surface area contributed by atoms with Crippen molar-refractivity contribution in [1.29, 1.82) is 0 Å². The molecule has 4 nitrogen and oxygen atoms in total. The van der Waals surface area contributed by atoms with Gasteiger partial charge >= 0.3 is 0 Å². The Labute approximate surface area is 153 Å². The van der Waals surface area contributed by atoms with Gasteiger partial charge in [0.2, 0.25) is 5.91 Å². The molecule has 0 aliphatic heterocycles. The third-order valence-electron chi connectivity index (χ3n) is 2.94. The number of benzene rings is 2. The summed E-state index contributed by atoms with van der Waals surface area (Å²) in [7, 11) is 1.59. The van der Waals surface area contributed by atoms with Gasteiger partial charge in [0, 0.05) is 10.7 Å². The Morgan fingerprint density at radius 1 is 1.26 bits per heavy atom. The predicted octanol–water partition coefficient (Wildman–Crippen LogP) is 4.17. The van der Waals surface area contributed by atoms with E-state index >= 15 is 0 Å². The van der Waals surface area contributed by atoms with E-state index in [1.54, 1.807) is 43.5 Å². The van der Waals surface area contributed by atoms with Crippen molar-refractivity contribution in [2.45, 2.75) is 6.42 Å². The molecule has 0 spiro atoms. The number of methoxy groups -OCH3 is 1. The second-order valence-corrected chi connectivity index (χ2v) is 6.35. The van der Waals surface area contributed by atoms with Crippen molar-refractivity contribution in [1.82, 2.24) is 5.32 Å². The minimum absolute atomic E-state index is 0.197. The van der Waals surface area contributed by atoms with E-state index in [0.717, 1.165) is 15.7 Å². The van der Waals surface area contributed by atoms with Crippen molar-refractivity contribution < 1.29 is 9.53 Å². The van der Waals surface area contributed by atoms with Gasteiger partial charge in [0.05, 0.1) is 18.0 Å². The summed E-state index contributed by atoms with van der Waals surface area (Å²) in [5.41, 5.74) is 1.61. The molecule has 2 N–H and O–H groups in total. The molecule has 23 heavy (non-hydrogen) atoms. The molecule has 120 valence electrons. The lowest BCUT2D eigenvalue weighted by Gasteiger charge is -2.11. The number of hydrogen-bond acceptors (Lipinski definition) is 3. The zero-order chi connectivity index (χ0) is 16.8. The van der Waals surface area contributed by atoms with Crippen molar-refractivity contribution in [3.63, 3.8) is 0 Å². The molecule has 0 saturated heterocycles. The fraction of sp³-hybridized carbons (Fsp3) is 0.125. The van der Waals surface area contributed by atoms with Crippen LogP contribution in [0.25, 0.3) is 0 Å². The van der Waals surface area contributed by atoms with Gasteiger partial charge in [0.25, 0.3) is 0 Å². The van der Waals surface area contributed by atoms with E-state index in [2.05, 4.69) is 26.6 Å². The highest BCUT2D eigenvalue weighted by Crippen LogP contribution is 2.27. The first-order valence-electron chi connectivity index (χ1n) is 6.67. The molecule has 0 radical (unpaired) electrons. The fourth-order valence-electron chi connectivity index (χ4n) is 1.86. The topological polar surface area (TPSA) is 50.4 Å². The van der Waals surface area contributed by atoms with E-state index in [9.17, 15) is 4.79 Å². The van der Waals surface area contributed by atoms with Gasteiger partial charge in [-0.25, -0.2) is 0 Å². The molecule has 0 unspecified atom stereocenters. The van der Waals surface area contributed by atoms with Crippen molar-refractivity contribution in [2.24, 2.45) is 0 Å². The highest BCUT2D eigenvalue weighted by Gasteiger charge is 2.07. The second kappa shape index (κ2) is 8.29. The lowest BCUT2D eigenvalue weighted by atomic mass is 10.1. The molecular weight excluding hydrogens is 400 g/mol. The second-order valence-electron chi connectivity index (χ2n) is 4.65. The Morgan fingerprint density at radius 2 is 1.96 bits per heavy atom. The molecule has 0 aromatic heterocycles. The highest BCUT2D eigenvalue weighted by atomic mass is 79.9. The average Bonchev–Trinajstić information content (AvgIpc) is 2.49. The smallest absolute Gasteiger partial charge is 0.230 e. The third-order valence-corrected chi connectivity index (χ3v) is 4.02. The van der Waals surface area contributed by atoms with Gasteiger partial charge in [0.15, 0.2) is 5.11 Å². The van der Waals surface area contributed by atoms with E-state index in [1.807, 2.05) is 6.07 Å². The van der Waals surface area contributed by atoms with E-state index in [1.165, 1.54) is 0 Å². The largest absolute Gasteiger partial charge is 0.496 e. The Hall–Kier alpha value is -1.63. The van der Waals surface area contributed by atoms with Gasteiger partial charge in [0.1, 0.15) is 5.75 Å². The quantitative estimate of drug-likeness (QED) is 0.739. The molecule has 7 heteroatoms. The van der Waals surface area contributed by atoms with Gasteiger partial charge in [-0.05, 0) is 64.0 Å². The summed E-state index contributed by atoms with van der Waals surface area (Å²) in [5, 5.41) is 6.47. The number of carbonyl (C=O) groups is 1. The van der Waals surface area contributed by atoms with Crippen molar-refractivity contribution >= 4 is 56.5 Å². The normalized spacial score (nSPS) is 10.0. The van der Waals surface area contributed by atoms with Crippen LogP contribution in [-0.2, 0) is 11.2 Å². The van der Waals surface area contributed by atoms with Gasteiger partial charge in [-0.15, -0.1) is 0 Å². The Kier molecular flexibility index (Phi) is 6.38. The maximum absolute atomic E-state index is 12.0. The number of halogens is 2. The summed E-state index contributed by atoms with van der Waals surface area (Å²) in [6.45, 7) is 0. The zero-order valence-electron chi connectivity index (χ0n) is 12.2. The van der Waals surface area contributed by atoms with Crippen LogP contribution < -0.4 is 15.4 Å². The zero-order valence-corrected chi connectivity index (χ0v) is 15.4. The Morgan fingerprint density at radius 3 is 2.57 bits per heavy atom. The highest BCUT2D eigenvalue weighted by molar-refractivity contribution is 9.10. The van der Waals surface area contributed by atoms with Crippen LogP contribution in [0.1, 0.15) is 5.56 Å². The maximum atomic E-state index is 12.0. The first kappa shape index (κ1) is 17.7. The van der Waals surface area contributed by atoms with Crippen molar-refractivity contribution in [3.8, 4) is 5.75 Å². The van der Waals surface area contributed by atoms with Crippen LogP contribution in [0.15, 0.2) is 46.9 Å². The summed E-state index contributed by atoms with van der Waals surface area (Å²) >= 11 is 14.3. The van der Waals surface area contributed by atoms with Crippen LogP contribution in [0.2, 0.25) is 5.02 Å². The first-order chi connectivity index (χ1) is 11.0. The number of anilines is 1. The molecule has 2 aromatic rings. The molecule has 2 aromatic carbocycles. The van der Waals surface area contributed by atoms with Crippen LogP contribution in [0.5, 0.6) is 5.75 Å². The Bertz CT molecular complexity index is 723. The van der Waals surface area contributed by atoms with E-state index in [4.69, 9.17) is 28.6 Å². The lowest BCUT2D eigenvalue weighted by Crippen LogP contribution is -2.35. The molecule has 0 aliphatic carbocycles. The summed E-state index contributed by atoms with van der Waals surface area (Å²) in [5.74, 6) is 0.519. The average molecular weight is 414 g/mol. The SMILES string of the molecule is COc1ccc(NC(=S)NC(=O)Cc2ccc(Cl)cc2)cc1Br. The molecule has 1 amide bonds. The molecule has 0 aliphatic rings. The minimum Gasteiger partial charge on any atom is -0.496 e.